The van der Waals surface area contributed by atoms with Gasteiger partial charge in [0.2, 0.25) is 5.91 Å². The highest BCUT2D eigenvalue weighted by Gasteiger charge is 2.23. The normalized spacial score (nSPS) is 12.6. The third-order valence-corrected chi connectivity index (χ3v) is 6.36. The van der Waals surface area contributed by atoms with Crippen LogP contribution in [0.1, 0.15) is 19.4 Å². The average Bonchev–Trinajstić information content (AvgIpc) is 3.09. The largest absolute Gasteiger partial charge is 0.480 e. The lowest BCUT2D eigenvalue weighted by molar-refractivity contribution is -0.143. The van der Waals surface area contributed by atoms with Gasteiger partial charge in [-0.15, -0.1) is 11.3 Å². The Bertz CT molecular complexity index is 859. The molecule has 0 unspecified atom stereocenters. The summed E-state index contributed by atoms with van der Waals surface area (Å²) in [6, 6.07) is 8.59. The molecule has 1 atom stereocenters. The lowest BCUT2D eigenvalue weighted by atomic mass is 10.0. The number of hydrogen-bond donors (Lipinski definition) is 3. The third-order valence-electron chi connectivity index (χ3n) is 3.58. The summed E-state index contributed by atoms with van der Waals surface area (Å²) in [6.45, 7) is 3.43. The van der Waals surface area contributed by atoms with Crippen LogP contribution in [0, 0.1) is 5.92 Å². The first kappa shape index (κ1) is 19.9. The number of sulfonamides is 1. The number of aliphatic carboxylic acids is 1. The molecule has 0 aliphatic rings. The van der Waals surface area contributed by atoms with E-state index in [0.29, 0.717) is 11.3 Å². The van der Waals surface area contributed by atoms with Crippen LogP contribution >= 0.6 is 11.3 Å². The van der Waals surface area contributed by atoms with Crippen LogP contribution in [0.3, 0.4) is 0 Å². The van der Waals surface area contributed by atoms with Gasteiger partial charge < -0.3 is 10.4 Å². The molecule has 0 saturated heterocycles. The second-order valence-corrected chi connectivity index (χ2v) is 8.90. The van der Waals surface area contributed by atoms with Crippen LogP contribution in [0.5, 0.6) is 0 Å². The van der Waals surface area contributed by atoms with E-state index >= 15 is 0 Å². The number of carbonyl (C=O) groups excluding carboxylic acids is 1. The maximum Gasteiger partial charge on any atom is 0.326 e. The Hall–Kier alpha value is -2.39. The second-order valence-electron chi connectivity index (χ2n) is 6.04. The van der Waals surface area contributed by atoms with E-state index < -0.39 is 27.9 Å². The fourth-order valence-corrected chi connectivity index (χ4v) is 4.29. The van der Waals surface area contributed by atoms with E-state index in [2.05, 4.69) is 10.0 Å². The number of thiophene rings is 1. The van der Waals surface area contributed by atoms with E-state index in [1.54, 1.807) is 49.6 Å². The minimum atomic E-state index is -3.62. The summed E-state index contributed by atoms with van der Waals surface area (Å²) in [6.07, 6.45) is 0.00839. The quantitative estimate of drug-likeness (QED) is 0.634. The molecule has 0 saturated carbocycles. The summed E-state index contributed by atoms with van der Waals surface area (Å²) < 4.78 is 27.0. The molecular formula is C17H20N2O5S2. The Labute approximate surface area is 156 Å². The molecule has 1 aromatic carbocycles. The van der Waals surface area contributed by atoms with Crippen LogP contribution in [-0.2, 0) is 26.0 Å². The van der Waals surface area contributed by atoms with Crippen molar-refractivity contribution in [2.24, 2.45) is 5.92 Å². The van der Waals surface area contributed by atoms with Crippen molar-refractivity contribution in [3.8, 4) is 0 Å². The van der Waals surface area contributed by atoms with E-state index in [1.165, 1.54) is 6.07 Å². The summed E-state index contributed by atoms with van der Waals surface area (Å²) in [5.74, 6) is -1.71. The minimum absolute atomic E-state index is 0.00839. The lowest BCUT2D eigenvalue weighted by Gasteiger charge is -2.17. The van der Waals surface area contributed by atoms with Crippen LogP contribution in [0.25, 0.3) is 0 Å². The van der Waals surface area contributed by atoms with Crippen molar-refractivity contribution in [2.75, 3.05) is 4.72 Å². The number of amides is 1. The summed E-state index contributed by atoms with van der Waals surface area (Å²) in [5.41, 5.74) is 1.03. The Balaban J connectivity index is 1.99. The van der Waals surface area contributed by atoms with Gasteiger partial charge in [0.1, 0.15) is 10.3 Å². The summed E-state index contributed by atoms with van der Waals surface area (Å²) in [7, 11) is -3.62. The van der Waals surface area contributed by atoms with Crippen LogP contribution in [-0.4, -0.2) is 31.4 Å². The predicted molar refractivity (Wildman–Crippen MR) is 99.7 cm³/mol. The molecule has 1 amide bonds. The monoisotopic (exact) mass is 396 g/mol. The van der Waals surface area contributed by atoms with Gasteiger partial charge in [-0.3, -0.25) is 9.52 Å². The number of rotatable bonds is 8. The number of anilines is 1. The molecule has 9 heteroatoms. The molecule has 0 bridgehead atoms. The predicted octanol–water partition coefficient (Wildman–Crippen LogP) is 2.32. The molecular weight excluding hydrogens is 376 g/mol. The zero-order valence-corrected chi connectivity index (χ0v) is 15.9. The highest BCUT2D eigenvalue weighted by atomic mass is 32.2. The van der Waals surface area contributed by atoms with Crippen molar-refractivity contribution in [3.05, 3.63) is 47.3 Å². The first-order chi connectivity index (χ1) is 12.2. The molecule has 1 heterocycles. The smallest absolute Gasteiger partial charge is 0.326 e. The molecule has 140 valence electrons. The summed E-state index contributed by atoms with van der Waals surface area (Å²) in [5, 5.41) is 13.3. The second kappa shape index (κ2) is 8.33. The van der Waals surface area contributed by atoms with Crippen LogP contribution in [0.2, 0.25) is 0 Å². The van der Waals surface area contributed by atoms with Crippen LogP contribution in [0.4, 0.5) is 5.69 Å². The highest BCUT2D eigenvalue weighted by molar-refractivity contribution is 7.94. The standard InChI is InChI=1S/C17H20N2O5S2/c1-11(2)16(17(21)22)18-14(20)10-12-5-7-13(8-6-12)19-26(23,24)15-4-3-9-25-15/h3-9,11,16,19H,10H2,1-2H3,(H,18,20)(H,21,22)/t16-/m1/s1. The molecule has 2 rings (SSSR count). The molecule has 0 fully saturated rings. The molecule has 3 N–H and O–H groups in total. The third kappa shape index (κ3) is 5.30. The maximum absolute atomic E-state index is 12.2. The minimum Gasteiger partial charge on any atom is -0.480 e. The molecule has 0 aliphatic carbocycles. The van der Waals surface area contributed by atoms with Gasteiger partial charge in [-0.1, -0.05) is 32.0 Å². The van der Waals surface area contributed by atoms with E-state index in [9.17, 15) is 18.0 Å². The van der Waals surface area contributed by atoms with Crippen molar-refractivity contribution < 1.29 is 23.1 Å². The van der Waals surface area contributed by atoms with E-state index in [4.69, 9.17) is 5.11 Å². The Morgan fingerprint density at radius 2 is 1.81 bits per heavy atom. The first-order valence-corrected chi connectivity index (χ1v) is 10.2. The van der Waals surface area contributed by atoms with Gasteiger partial charge in [-0.2, -0.15) is 0 Å². The summed E-state index contributed by atoms with van der Waals surface area (Å²) in [4.78, 5) is 23.1. The van der Waals surface area contributed by atoms with E-state index in [0.717, 1.165) is 11.3 Å². The van der Waals surface area contributed by atoms with Gasteiger partial charge in [0, 0.05) is 5.69 Å². The topological polar surface area (TPSA) is 113 Å². The van der Waals surface area contributed by atoms with Crippen molar-refractivity contribution in [3.63, 3.8) is 0 Å². The fraction of sp³-hybridized carbons (Fsp3) is 0.294. The molecule has 1 aromatic heterocycles. The Kier molecular flexibility index (Phi) is 6.38. The van der Waals surface area contributed by atoms with Gasteiger partial charge in [0.15, 0.2) is 0 Å². The van der Waals surface area contributed by atoms with Gasteiger partial charge >= 0.3 is 5.97 Å². The first-order valence-electron chi connectivity index (χ1n) is 7.86. The van der Waals surface area contributed by atoms with Gasteiger partial charge in [-0.05, 0) is 35.1 Å². The fourth-order valence-electron chi connectivity index (χ4n) is 2.24. The van der Waals surface area contributed by atoms with Crippen LogP contribution in [0.15, 0.2) is 46.0 Å². The molecule has 0 aliphatic heterocycles. The number of carbonyl (C=O) groups is 2. The van der Waals surface area contributed by atoms with Gasteiger partial charge in [0.25, 0.3) is 10.0 Å². The molecule has 2 aromatic rings. The molecule has 0 radical (unpaired) electrons. The van der Waals surface area contributed by atoms with E-state index in [1.807, 2.05) is 0 Å². The number of carboxylic acids is 1. The van der Waals surface area contributed by atoms with Gasteiger partial charge in [-0.25, -0.2) is 13.2 Å². The SMILES string of the molecule is CC(C)[C@@H](NC(=O)Cc1ccc(NS(=O)(=O)c2cccs2)cc1)C(=O)O. The Morgan fingerprint density at radius 1 is 1.15 bits per heavy atom. The average molecular weight is 396 g/mol. The van der Waals surface area contributed by atoms with E-state index in [-0.39, 0.29) is 16.5 Å². The number of nitrogens with one attached hydrogen (secondary N) is 2. The highest BCUT2D eigenvalue weighted by Crippen LogP contribution is 2.20. The number of benzene rings is 1. The molecule has 26 heavy (non-hydrogen) atoms. The number of hydrogen-bond acceptors (Lipinski definition) is 5. The van der Waals surface area contributed by atoms with Crippen LogP contribution < -0.4 is 10.0 Å². The zero-order valence-electron chi connectivity index (χ0n) is 14.3. The molecule has 7 nitrogen and oxygen atoms in total. The molecule has 0 spiro atoms. The van der Waals surface area contributed by atoms with Crippen molar-refractivity contribution >= 4 is 38.9 Å². The van der Waals surface area contributed by atoms with Crippen molar-refractivity contribution in [1.82, 2.24) is 5.32 Å². The van der Waals surface area contributed by atoms with Crippen molar-refractivity contribution in [1.29, 1.82) is 0 Å². The van der Waals surface area contributed by atoms with Crippen molar-refractivity contribution in [2.45, 2.75) is 30.5 Å². The number of carboxylic acid groups (broad SMARTS) is 1. The maximum atomic E-state index is 12.2. The zero-order chi connectivity index (χ0) is 19.3. The van der Waals surface area contributed by atoms with Gasteiger partial charge in [0.05, 0.1) is 6.42 Å². The summed E-state index contributed by atoms with van der Waals surface area (Å²) >= 11 is 1.12. The Morgan fingerprint density at radius 3 is 2.31 bits per heavy atom. The lowest BCUT2D eigenvalue weighted by Crippen LogP contribution is -2.44.